The average molecular weight is 320 g/mol. The summed E-state index contributed by atoms with van der Waals surface area (Å²) in [5.41, 5.74) is 8.26. The van der Waals surface area contributed by atoms with E-state index in [2.05, 4.69) is 26.2 Å². The van der Waals surface area contributed by atoms with Gasteiger partial charge in [0.15, 0.2) is 0 Å². The molecule has 1 aromatic heterocycles. The van der Waals surface area contributed by atoms with E-state index < -0.39 is 0 Å². The number of rotatable bonds is 3. The van der Waals surface area contributed by atoms with E-state index in [-0.39, 0.29) is 12.3 Å². The lowest BCUT2D eigenvalue weighted by molar-refractivity contribution is -0.115. The average Bonchev–Trinajstić information content (AvgIpc) is 2.37. The lowest BCUT2D eigenvalue weighted by Gasteiger charge is -2.07. The van der Waals surface area contributed by atoms with Crippen LogP contribution in [0.1, 0.15) is 11.1 Å². The Kier molecular flexibility index (Phi) is 4.16. The van der Waals surface area contributed by atoms with Crippen molar-refractivity contribution in [3.8, 4) is 0 Å². The van der Waals surface area contributed by atoms with Gasteiger partial charge in [-0.15, -0.1) is 0 Å². The van der Waals surface area contributed by atoms with Gasteiger partial charge in [-0.3, -0.25) is 4.79 Å². The van der Waals surface area contributed by atoms with E-state index in [0.29, 0.717) is 11.5 Å². The fourth-order valence-electron chi connectivity index (χ4n) is 1.66. The van der Waals surface area contributed by atoms with E-state index in [1.54, 1.807) is 12.3 Å². The molecule has 0 unspecified atom stereocenters. The number of nitrogens with zero attached hydrogens (tertiary/aromatic N) is 1. The number of carbonyl (C=O) groups is 1. The fourth-order valence-corrected chi connectivity index (χ4v) is 1.88. The molecule has 0 aliphatic heterocycles. The first-order valence-corrected chi connectivity index (χ1v) is 6.61. The van der Waals surface area contributed by atoms with Crippen molar-refractivity contribution in [2.45, 2.75) is 13.3 Å². The summed E-state index contributed by atoms with van der Waals surface area (Å²) in [7, 11) is 0. The van der Waals surface area contributed by atoms with Gasteiger partial charge in [-0.05, 0) is 46.1 Å². The third-order valence-electron chi connectivity index (χ3n) is 2.72. The highest BCUT2D eigenvalue weighted by molar-refractivity contribution is 9.10. The Bertz CT molecular complexity index is 613. The molecular formula is C14H14BrN3O. The van der Waals surface area contributed by atoms with E-state index in [4.69, 9.17) is 5.73 Å². The van der Waals surface area contributed by atoms with Crippen molar-refractivity contribution in [3.05, 3.63) is 52.1 Å². The maximum Gasteiger partial charge on any atom is 0.230 e. The molecule has 19 heavy (non-hydrogen) atoms. The minimum atomic E-state index is -0.132. The zero-order valence-corrected chi connectivity index (χ0v) is 12.1. The standard InChI is InChI=1S/C14H14BrN3O/c1-9-6-13(17-8-11(9)15)18-14(19)7-10-4-2-3-5-12(10)16/h2-6,8H,7,16H2,1H3,(H,17,18,19). The van der Waals surface area contributed by atoms with Crippen molar-refractivity contribution >= 4 is 33.3 Å². The topological polar surface area (TPSA) is 68.0 Å². The lowest BCUT2D eigenvalue weighted by atomic mass is 10.1. The van der Waals surface area contributed by atoms with Gasteiger partial charge >= 0.3 is 0 Å². The third-order valence-corrected chi connectivity index (χ3v) is 3.55. The van der Waals surface area contributed by atoms with Gasteiger partial charge in [0.25, 0.3) is 0 Å². The van der Waals surface area contributed by atoms with Gasteiger partial charge in [0.05, 0.1) is 6.42 Å². The molecule has 0 saturated heterocycles. The largest absolute Gasteiger partial charge is 0.398 e. The van der Waals surface area contributed by atoms with Crippen LogP contribution in [0.25, 0.3) is 0 Å². The molecule has 0 aliphatic carbocycles. The minimum absolute atomic E-state index is 0.132. The first kappa shape index (κ1) is 13.5. The molecule has 0 spiro atoms. The number of nitrogen functional groups attached to an aromatic ring is 1. The van der Waals surface area contributed by atoms with Crippen molar-refractivity contribution in [1.82, 2.24) is 4.98 Å². The fraction of sp³-hybridized carbons (Fsp3) is 0.143. The van der Waals surface area contributed by atoms with Crippen LogP contribution < -0.4 is 11.1 Å². The van der Waals surface area contributed by atoms with Crippen LogP contribution in [0.3, 0.4) is 0 Å². The zero-order valence-electron chi connectivity index (χ0n) is 10.5. The Labute approximate surface area is 120 Å². The SMILES string of the molecule is Cc1cc(NC(=O)Cc2ccccc2N)ncc1Br. The quantitative estimate of drug-likeness (QED) is 0.855. The summed E-state index contributed by atoms with van der Waals surface area (Å²) in [5.74, 6) is 0.410. The Morgan fingerprint density at radius 3 is 2.84 bits per heavy atom. The molecule has 4 nitrogen and oxygen atoms in total. The number of amides is 1. The smallest absolute Gasteiger partial charge is 0.230 e. The Hall–Kier alpha value is -1.88. The van der Waals surface area contributed by atoms with E-state index in [1.165, 1.54) is 0 Å². The number of nitrogens with two attached hydrogens (primary N) is 1. The van der Waals surface area contributed by atoms with Gasteiger partial charge in [-0.1, -0.05) is 18.2 Å². The number of benzene rings is 1. The van der Waals surface area contributed by atoms with Gasteiger partial charge in [-0.2, -0.15) is 0 Å². The van der Waals surface area contributed by atoms with E-state index in [1.807, 2.05) is 31.2 Å². The number of anilines is 2. The second kappa shape index (κ2) is 5.84. The second-order valence-electron chi connectivity index (χ2n) is 4.24. The Balaban J connectivity index is 2.05. The summed E-state index contributed by atoms with van der Waals surface area (Å²) < 4.78 is 0.915. The van der Waals surface area contributed by atoms with E-state index in [0.717, 1.165) is 15.6 Å². The highest BCUT2D eigenvalue weighted by Crippen LogP contribution is 2.18. The first-order valence-electron chi connectivity index (χ1n) is 5.81. The van der Waals surface area contributed by atoms with E-state index >= 15 is 0 Å². The van der Waals surface area contributed by atoms with Crippen LogP contribution in [0.2, 0.25) is 0 Å². The van der Waals surface area contributed by atoms with Gasteiger partial charge in [0, 0.05) is 16.4 Å². The number of halogens is 1. The number of hydrogen-bond donors (Lipinski definition) is 2. The first-order chi connectivity index (χ1) is 9.06. The molecular weight excluding hydrogens is 306 g/mol. The summed E-state index contributed by atoms with van der Waals surface area (Å²) in [6.07, 6.45) is 1.91. The summed E-state index contributed by atoms with van der Waals surface area (Å²) in [6.45, 7) is 1.94. The van der Waals surface area contributed by atoms with Crippen molar-refractivity contribution in [3.63, 3.8) is 0 Å². The molecule has 0 atom stereocenters. The predicted molar refractivity (Wildman–Crippen MR) is 79.9 cm³/mol. The lowest BCUT2D eigenvalue weighted by Crippen LogP contribution is -2.16. The highest BCUT2D eigenvalue weighted by atomic mass is 79.9. The molecule has 5 heteroatoms. The molecule has 0 fully saturated rings. The molecule has 0 radical (unpaired) electrons. The van der Waals surface area contributed by atoms with Crippen molar-refractivity contribution < 1.29 is 4.79 Å². The molecule has 98 valence electrons. The number of pyridine rings is 1. The molecule has 2 rings (SSSR count). The summed E-state index contributed by atoms with van der Waals surface area (Å²) in [6, 6.07) is 9.15. The molecule has 3 N–H and O–H groups in total. The number of aromatic nitrogens is 1. The molecule has 0 bridgehead atoms. The molecule has 1 aromatic carbocycles. The summed E-state index contributed by atoms with van der Waals surface area (Å²) >= 11 is 3.37. The number of carbonyl (C=O) groups excluding carboxylic acids is 1. The van der Waals surface area contributed by atoms with Gasteiger partial charge < -0.3 is 11.1 Å². The predicted octanol–water partition coefficient (Wildman–Crippen LogP) is 2.92. The van der Waals surface area contributed by atoms with Crippen molar-refractivity contribution in [2.75, 3.05) is 11.1 Å². The van der Waals surface area contributed by atoms with Gasteiger partial charge in [0.1, 0.15) is 5.82 Å². The summed E-state index contributed by atoms with van der Waals surface area (Å²) in [4.78, 5) is 16.0. The van der Waals surface area contributed by atoms with Crippen LogP contribution in [0.4, 0.5) is 11.5 Å². The summed E-state index contributed by atoms with van der Waals surface area (Å²) in [5, 5.41) is 2.76. The van der Waals surface area contributed by atoms with E-state index in [9.17, 15) is 4.79 Å². The molecule has 0 saturated carbocycles. The Morgan fingerprint density at radius 1 is 1.42 bits per heavy atom. The van der Waals surface area contributed by atoms with Gasteiger partial charge in [0.2, 0.25) is 5.91 Å². The third kappa shape index (κ3) is 3.54. The molecule has 1 amide bonds. The monoisotopic (exact) mass is 319 g/mol. The van der Waals surface area contributed by atoms with Crippen LogP contribution >= 0.6 is 15.9 Å². The van der Waals surface area contributed by atoms with Crippen LogP contribution in [0.5, 0.6) is 0 Å². The number of hydrogen-bond acceptors (Lipinski definition) is 3. The van der Waals surface area contributed by atoms with Crippen LogP contribution in [0.15, 0.2) is 41.0 Å². The van der Waals surface area contributed by atoms with Crippen LogP contribution in [0, 0.1) is 6.92 Å². The normalized spacial score (nSPS) is 10.2. The minimum Gasteiger partial charge on any atom is -0.398 e. The van der Waals surface area contributed by atoms with Gasteiger partial charge in [-0.25, -0.2) is 4.98 Å². The highest BCUT2D eigenvalue weighted by Gasteiger charge is 2.07. The Morgan fingerprint density at radius 2 is 2.16 bits per heavy atom. The zero-order chi connectivity index (χ0) is 13.8. The number of nitrogens with one attached hydrogen (secondary N) is 1. The number of aryl methyl sites for hydroxylation is 1. The van der Waals surface area contributed by atoms with Crippen LogP contribution in [-0.4, -0.2) is 10.9 Å². The molecule has 1 heterocycles. The van der Waals surface area contributed by atoms with Crippen molar-refractivity contribution in [2.24, 2.45) is 0 Å². The number of para-hydroxylation sites is 1. The van der Waals surface area contributed by atoms with Crippen LogP contribution in [-0.2, 0) is 11.2 Å². The molecule has 2 aromatic rings. The second-order valence-corrected chi connectivity index (χ2v) is 5.10. The van der Waals surface area contributed by atoms with Crippen molar-refractivity contribution in [1.29, 1.82) is 0 Å². The maximum absolute atomic E-state index is 11.9. The molecule has 0 aliphatic rings. The maximum atomic E-state index is 11.9.